The monoisotopic (exact) mass is 286 g/mol. The van der Waals surface area contributed by atoms with Gasteiger partial charge in [0.1, 0.15) is 0 Å². The number of methoxy groups -OCH3 is 1. The van der Waals surface area contributed by atoms with Gasteiger partial charge in [0, 0.05) is 11.6 Å². The van der Waals surface area contributed by atoms with Crippen LogP contribution in [0.25, 0.3) is 0 Å². The molecule has 2 nitrogen and oxygen atoms in total. The SMILES string of the molecule is COC(C)(C)CCC(O)c1cccc(Br)c1. The second-order valence-electron chi connectivity index (χ2n) is 4.57. The van der Waals surface area contributed by atoms with Crippen LogP contribution in [0.5, 0.6) is 0 Å². The zero-order valence-corrected chi connectivity index (χ0v) is 11.6. The second-order valence-corrected chi connectivity index (χ2v) is 5.49. The fourth-order valence-corrected chi connectivity index (χ4v) is 1.88. The molecule has 0 spiro atoms. The minimum absolute atomic E-state index is 0.174. The van der Waals surface area contributed by atoms with Crippen molar-refractivity contribution < 1.29 is 9.84 Å². The molecule has 0 bridgehead atoms. The summed E-state index contributed by atoms with van der Waals surface area (Å²) >= 11 is 3.40. The van der Waals surface area contributed by atoms with E-state index in [1.165, 1.54) is 0 Å². The van der Waals surface area contributed by atoms with Crippen molar-refractivity contribution in [3.8, 4) is 0 Å². The van der Waals surface area contributed by atoms with E-state index >= 15 is 0 Å². The lowest BCUT2D eigenvalue weighted by molar-refractivity contribution is 0.00278. The van der Waals surface area contributed by atoms with Crippen molar-refractivity contribution in [1.29, 1.82) is 0 Å². The molecule has 1 aromatic rings. The average Bonchev–Trinajstić information content (AvgIpc) is 2.26. The van der Waals surface area contributed by atoms with E-state index in [9.17, 15) is 5.11 Å². The molecule has 0 aromatic heterocycles. The number of benzene rings is 1. The molecular formula is C13H19BrO2. The first-order valence-corrected chi connectivity index (χ1v) is 6.22. The summed E-state index contributed by atoms with van der Waals surface area (Å²) in [6.45, 7) is 4.06. The number of halogens is 1. The smallest absolute Gasteiger partial charge is 0.0791 e. The van der Waals surface area contributed by atoms with Gasteiger partial charge >= 0.3 is 0 Å². The Morgan fingerprint density at radius 1 is 1.44 bits per heavy atom. The van der Waals surface area contributed by atoms with E-state index < -0.39 is 6.10 Å². The van der Waals surface area contributed by atoms with Crippen LogP contribution in [0, 0.1) is 0 Å². The van der Waals surface area contributed by atoms with Crippen LogP contribution in [0.1, 0.15) is 38.4 Å². The molecule has 90 valence electrons. The molecule has 1 unspecified atom stereocenters. The number of ether oxygens (including phenoxy) is 1. The molecule has 1 aromatic carbocycles. The maximum atomic E-state index is 10.0. The molecule has 0 saturated carbocycles. The lowest BCUT2D eigenvalue weighted by Gasteiger charge is -2.24. The average molecular weight is 287 g/mol. The first kappa shape index (κ1) is 13.7. The summed E-state index contributed by atoms with van der Waals surface area (Å²) < 4.78 is 6.32. The van der Waals surface area contributed by atoms with E-state index in [1.807, 2.05) is 38.1 Å². The molecular weight excluding hydrogens is 268 g/mol. The molecule has 1 rings (SSSR count). The summed E-state index contributed by atoms with van der Waals surface area (Å²) in [7, 11) is 1.70. The molecule has 1 atom stereocenters. The van der Waals surface area contributed by atoms with Gasteiger partial charge in [0.25, 0.3) is 0 Å². The number of rotatable bonds is 5. The minimum atomic E-state index is -0.424. The maximum Gasteiger partial charge on any atom is 0.0791 e. The Kier molecular flexibility index (Phi) is 4.96. The molecule has 0 aliphatic carbocycles. The van der Waals surface area contributed by atoms with Crippen LogP contribution in [0.2, 0.25) is 0 Å². The number of hydrogen-bond donors (Lipinski definition) is 1. The third-order valence-electron chi connectivity index (χ3n) is 2.81. The first-order chi connectivity index (χ1) is 7.44. The van der Waals surface area contributed by atoms with Crippen molar-refractivity contribution >= 4 is 15.9 Å². The van der Waals surface area contributed by atoms with Gasteiger partial charge in [0.2, 0.25) is 0 Å². The van der Waals surface area contributed by atoms with Crippen molar-refractivity contribution in [2.75, 3.05) is 7.11 Å². The third kappa shape index (κ3) is 4.24. The zero-order valence-electron chi connectivity index (χ0n) is 10.0. The maximum absolute atomic E-state index is 10.0. The fourth-order valence-electron chi connectivity index (χ4n) is 1.47. The van der Waals surface area contributed by atoms with Crippen LogP contribution >= 0.6 is 15.9 Å². The normalized spacial score (nSPS) is 13.8. The van der Waals surface area contributed by atoms with Crippen LogP contribution in [0.4, 0.5) is 0 Å². The molecule has 3 heteroatoms. The standard InChI is InChI=1S/C13H19BrO2/c1-13(2,16-3)8-7-12(15)10-5-4-6-11(14)9-10/h4-6,9,12,15H,7-8H2,1-3H3. The van der Waals surface area contributed by atoms with E-state index in [-0.39, 0.29) is 5.60 Å². The number of aliphatic hydroxyl groups is 1. The van der Waals surface area contributed by atoms with Crippen molar-refractivity contribution in [2.24, 2.45) is 0 Å². The van der Waals surface area contributed by atoms with Crippen LogP contribution in [0.15, 0.2) is 28.7 Å². The highest BCUT2D eigenvalue weighted by Gasteiger charge is 2.18. The number of hydrogen-bond acceptors (Lipinski definition) is 2. The molecule has 0 aliphatic rings. The summed E-state index contributed by atoms with van der Waals surface area (Å²) in [5.41, 5.74) is 0.772. The molecule has 0 fully saturated rings. The Bertz CT molecular complexity index is 336. The van der Waals surface area contributed by atoms with Gasteiger partial charge in [0.15, 0.2) is 0 Å². The van der Waals surface area contributed by atoms with E-state index in [0.29, 0.717) is 6.42 Å². The van der Waals surface area contributed by atoms with Gasteiger partial charge in [-0.15, -0.1) is 0 Å². The van der Waals surface area contributed by atoms with Gasteiger partial charge in [0.05, 0.1) is 11.7 Å². The van der Waals surface area contributed by atoms with Gasteiger partial charge in [-0.3, -0.25) is 0 Å². The van der Waals surface area contributed by atoms with Crippen LogP contribution < -0.4 is 0 Å². The van der Waals surface area contributed by atoms with Gasteiger partial charge in [-0.1, -0.05) is 28.1 Å². The zero-order chi connectivity index (χ0) is 12.2. The van der Waals surface area contributed by atoms with Crippen LogP contribution in [-0.2, 0) is 4.74 Å². The van der Waals surface area contributed by atoms with Crippen molar-refractivity contribution in [3.05, 3.63) is 34.3 Å². The van der Waals surface area contributed by atoms with Crippen LogP contribution in [0.3, 0.4) is 0 Å². The summed E-state index contributed by atoms with van der Waals surface area (Å²) in [5.74, 6) is 0. The van der Waals surface area contributed by atoms with Gasteiger partial charge < -0.3 is 9.84 Å². The van der Waals surface area contributed by atoms with Gasteiger partial charge in [-0.2, -0.15) is 0 Å². The minimum Gasteiger partial charge on any atom is -0.388 e. The van der Waals surface area contributed by atoms with Crippen molar-refractivity contribution in [1.82, 2.24) is 0 Å². The van der Waals surface area contributed by atoms with E-state index in [2.05, 4.69) is 15.9 Å². The predicted octanol–water partition coefficient (Wildman–Crippen LogP) is 3.69. The molecule has 0 heterocycles. The Morgan fingerprint density at radius 3 is 2.69 bits per heavy atom. The Morgan fingerprint density at radius 2 is 2.12 bits per heavy atom. The summed E-state index contributed by atoms with van der Waals surface area (Å²) in [4.78, 5) is 0. The highest BCUT2D eigenvalue weighted by Crippen LogP contribution is 2.25. The largest absolute Gasteiger partial charge is 0.388 e. The highest BCUT2D eigenvalue weighted by atomic mass is 79.9. The van der Waals surface area contributed by atoms with E-state index in [1.54, 1.807) is 7.11 Å². The summed E-state index contributed by atoms with van der Waals surface area (Å²) in [6.07, 6.45) is 1.11. The first-order valence-electron chi connectivity index (χ1n) is 5.43. The highest BCUT2D eigenvalue weighted by molar-refractivity contribution is 9.10. The van der Waals surface area contributed by atoms with Crippen molar-refractivity contribution in [3.63, 3.8) is 0 Å². The molecule has 0 amide bonds. The molecule has 16 heavy (non-hydrogen) atoms. The van der Waals surface area contributed by atoms with E-state index in [0.717, 1.165) is 16.5 Å². The Balaban J connectivity index is 2.56. The second kappa shape index (κ2) is 5.80. The Labute approximate surface area is 106 Å². The fraction of sp³-hybridized carbons (Fsp3) is 0.538. The lowest BCUT2D eigenvalue weighted by Crippen LogP contribution is -2.23. The Hall–Kier alpha value is -0.380. The summed E-state index contributed by atoms with van der Waals surface area (Å²) in [6, 6.07) is 7.78. The van der Waals surface area contributed by atoms with Gasteiger partial charge in [-0.25, -0.2) is 0 Å². The predicted molar refractivity (Wildman–Crippen MR) is 69.4 cm³/mol. The van der Waals surface area contributed by atoms with Gasteiger partial charge in [-0.05, 0) is 44.4 Å². The molecule has 0 radical (unpaired) electrons. The molecule has 1 N–H and O–H groups in total. The topological polar surface area (TPSA) is 29.5 Å². The number of aliphatic hydroxyl groups excluding tert-OH is 1. The molecule has 0 saturated heterocycles. The third-order valence-corrected chi connectivity index (χ3v) is 3.30. The quantitative estimate of drug-likeness (QED) is 0.895. The lowest BCUT2D eigenvalue weighted by atomic mass is 9.97. The van der Waals surface area contributed by atoms with Crippen molar-refractivity contribution in [2.45, 2.75) is 38.4 Å². The summed E-state index contributed by atoms with van der Waals surface area (Å²) in [5, 5.41) is 10.0. The van der Waals surface area contributed by atoms with Crippen LogP contribution in [-0.4, -0.2) is 17.8 Å². The van der Waals surface area contributed by atoms with E-state index in [4.69, 9.17) is 4.74 Å². The molecule has 0 aliphatic heterocycles.